The van der Waals surface area contributed by atoms with E-state index in [9.17, 15) is 4.79 Å². The van der Waals surface area contributed by atoms with Crippen LogP contribution < -0.4 is 15.2 Å². The third kappa shape index (κ3) is 5.09. The molecule has 0 saturated carbocycles. The lowest BCUT2D eigenvalue weighted by Gasteiger charge is -2.21. The van der Waals surface area contributed by atoms with Crippen LogP contribution in [0, 0.1) is 0 Å². The number of methoxy groups -OCH3 is 2. The van der Waals surface area contributed by atoms with Crippen LogP contribution in [0.15, 0.2) is 18.2 Å². The van der Waals surface area contributed by atoms with Crippen LogP contribution in [0.3, 0.4) is 0 Å². The number of nitrogens with two attached hydrogens (primary N) is 1. The van der Waals surface area contributed by atoms with E-state index in [1.54, 1.807) is 32.4 Å². The van der Waals surface area contributed by atoms with Gasteiger partial charge in [-0.05, 0) is 38.5 Å². The van der Waals surface area contributed by atoms with Gasteiger partial charge in [0.05, 0.1) is 20.6 Å². The Labute approximate surface area is 120 Å². The molecule has 5 nitrogen and oxygen atoms in total. The standard InChI is InChI=1S/C15H23NO4/c1-15(2,3)20-14(17)9-13(16)10-6-11(18-4)8-12(7-10)19-5/h6-8,13H,9,16H2,1-5H3/t13-/m1/s1. The molecule has 0 amide bonds. The van der Waals surface area contributed by atoms with Crippen LogP contribution >= 0.6 is 0 Å². The number of hydrogen-bond acceptors (Lipinski definition) is 5. The number of rotatable bonds is 5. The van der Waals surface area contributed by atoms with Crippen molar-refractivity contribution in [2.45, 2.75) is 38.8 Å². The van der Waals surface area contributed by atoms with Gasteiger partial charge in [-0.2, -0.15) is 0 Å². The maximum absolute atomic E-state index is 11.8. The van der Waals surface area contributed by atoms with E-state index in [0.717, 1.165) is 5.56 Å². The Balaban J connectivity index is 2.81. The van der Waals surface area contributed by atoms with Crippen LogP contribution in [-0.2, 0) is 9.53 Å². The van der Waals surface area contributed by atoms with E-state index in [4.69, 9.17) is 19.9 Å². The SMILES string of the molecule is COc1cc(OC)cc([C@H](N)CC(=O)OC(C)(C)C)c1. The highest BCUT2D eigenvalue weighted by molar-refractivity contribution is 5.71. The first kappa shape index (κ1) is 16.3. The summed E-state index contributed by atoms with van der Waals surface area (Å²) in [4.78, 5) is 11.8. The van der Waals surface area contributed by atoms with Crippen LogP contribution in [-0.4, -0.2) is 25.8 Å². The highest BCUT2D eigenvalue weighted by Crippen LogP contribution is 2.27. The summed E-state index contributed by atoms with van der Waals surface area (Å²) >= 11 is 0. The van der Waals surface area contributed by atoms with E-state index in [1.165, 1.54) is 0 Å². The van der Waals surface area contributed by atoms with Gasteiger partial charge in [-0.25, -0.2) is 0 Å². The summed E-state index contributed by atoms with van der Waals surface area (Å²) in [6.45, 7) is 5.47. The quantitative estimate of drug-likeness (QED) is 0.839. The molecule has 1 rings (SSSR count). The second-order valence-electron chi connectivity index (χ2n) is 5.54. The number of hydrogen-bond donors (Lipinski definition) is 1. The summed E-state index contributed by atoms with van der Waals surface area (Å²) in [7, 11) is 3.13. The summed E-state index contributed by atoms with van der Waals surface area (Å²) in [5.41, 5.74) is 6.31. The Morgan fingerprint density at radius 1 is 1.15 bits per heavy atom. The van der Waals surface area contributed by atoms with Crippen molar-refractivity contribution in [2.75, 3.05) is 14.2 Å². The van der Waals surface area contributed by atoms with E-state index < -0.39 is 11.6 Å². The molecular formula is C15H23NO4. The van der Waals surface area contributed by atoms with E-state index >= 15 is 0 Å². The predicted octanol–water partition coefficient (Wildman–Crippen LogP) is 2.44. The fraction of sp³-hybridized carbons (Fsp3) is 0.533. The predicted molar refractivity (Wildman–Crippen MR) is 76.9 cm³/mol. The zero-order chi connectivity index (χ0) is 15.3. The van der Waals surface area contributed by atoms with Gasteiger partial charge < -0.3 is 19.9 Å². The number of ether oxygens (including phenoxy) is 3. The van der Waals surface area contributed by atoms with Crippen molar-refractivity contribution < 1.29 is 19.0 Å². The van der Waals surface area contributed by atoms with Crippen LogP contribution in [0.1, 0.15) is 38.8 Å². The normalized spacial score (nSPS) is 12.7. The molecule has 0 aliphatic carbocycles. The molecule has 5 heteroatoms. The van der Waals surface area contributed by atoms with Gasteiger partial charge in [-0.15, -0.1) is 0 Å². The van der Waals surface area contributed by atoms with Gasteiger partial charge in [0.1, 0.15) is 17.1 Å². The molecule has 1 aromatic rings. The molecule has 0 aliphatic rings. The van der Waals surface area contributed by atoms with Gasteiger partial charge in [0.15, 0.2) is 0 Å². The molecule has 0 bridgehead atoms. The zero-order valence-corrected chi connectivity index (χ0v) is 12.7. The summed E-state index contributed by atoms with van der Waals surface area (Å²) in [5.74, 6) is 0.949. The maximum Gasteiger partial charge on any atom is 0.308 e. The van der Waals surface area contributed by atoms with Crippen LogP contribution in [0.25, 0.3) is 0 Å². The molecule has 112 valence electrons. The molecule has 20 heavy (non-hydrogen) atoms. The average Bonchev–Trinajstić information content (AvgIpc) is 2.35. The Hall–Kier alpha value is -1.75. The van der Waals surface area contributed by atoms with E-state index in [2.05, 4.69) is 0 Å². The van der Waals surface area contributed by atoms with Crippen LogP contribution in [0.5, 0.6) is 11.5 Å². The highest BCUT2D eigenvalue weighted by atomic mass is 16.6. The summed E-state index contributed by atoms with van der Waals surface area (Å²) in [6, 6.07) is 4.87. The molecule has 2 N–H and O–H groups in total. The fourth-order valence-electron chi connectivity index (χ4n) is 1.72. The average molecular weight is 281 g/mol. The maximum atomic E-state index is 11.8. The van der Waals surface area contributed by atoms with Gasteiger partial charge in [-0.3, -0.25) is 4.79 Å². The number of carbonyl (C=O) groups excluding carboxylic acids is 1. The third-order valence-corrected chi connectivity index (χ3v) is 2.61. The summed E-state index contributed by atoms with van der Waals surface area (Å²) < 4.78 is 15.6. The van der Waals surface area contributed by atoms with E-state index in [-0.39, 0.29) is 12.4 Å². The minimum absolute atomic E-state index is 0.105. The molecule has 0 radical (unpaired) electrons. The van der Waals surface area contributed by atoms with Crippen molar-refractivity contribution in [3.05, 3.63) is 23.8 Å². The van der Waals surface area contributed by atoms with Crippen molar-refractivity contribution in [3.8, 4) is 11.5 Å². The molecule has 0 aromatic heterocycles. The molecule has 0 spiro atoms. The Morgan fingerprint density at radius 3 is 2.05 bits per heavy atom. The molecule has 0 fully saturated rings. The monoisotopic (exact) mass is 281 g/mol. The first-order valence-corrected chi connectivity index (χ1v) is 6.45. The van der Waals surface area contributed by atoms with Crippen LogP contribution in [0.2, 0.25) is 0 Å². The van der Waals surface area contributed by atoms with Gasteiger partial charge >= 0.3 is 5.97 Å². The highest BCUT2D eigenvalue weighted by Gasteiger charge is 2.20. The van der Waals surface area contributed by atoms with Crippen molar-refractivity contribution >= 4 is 5.97 Å². The van der Waals surface area contributed by atoms with Crippen molar-refractivity contribution in [3.63, 3.8) is 0 Å². The van der Waals surface area contributed by atoms with Gasteiger partial charge in [0.2, 0.25) is 0 Å². The second-order valence-corrected chi connectivity index (χ2v) is 5.54. The molecule has 0 unspecified atom stereocenters. The largest absolute Gasteiger partial charge is 0.497 e. The van der Waals surface area contributed by atoms with E-state index in [0.29, 0.717) is 11.5 Å². The third-order valence-electron chi connectivity index (χ3n) is 2.61. The molecule has 1 aromatic carbocycles. The lowest BCUT2D eigenvalue weighted by Crippen LogP contribution is -2.26. The topological polar surface area (TPSA) is 70.8 Å². The number of carbonyl (C=O) groups is 1. The van der Waals surface area contributed by atoms with Crippen molar-refractivity contribution in [1.29, 1.82) is 0 Å². The molecule has 0 aliphatic heterocycles. The number of benzene rings is 1. The van der Waals surface area contributed by atoms with Crippen molar-refractivity contribution in [1.82, 2.24) is 0 Å². The Kier molecular flexibility index (Phi) is 5.39. The smallest absolute Gasteiger partial charge is 0.308 e. The zero-order valence-electron chi connectivity index (χ0n) is 12.7. The van der Waals surface area contributed by atoms with E-state index in [1.807, 2.05) is 20.8 Å². The van der Waals surface area contributed by atoms with Crippen molar-refractivity contribution in [2.24, 2.45) is 5.73 Å². The first-order chi connectivity index (χ1) is 9.25. The minimum atomic E-state index is -0.511. The van der Waals surface area contributed by atoms with Gasteiger partial charge in [0, 0.05) is 12.1 Å². The fourth-order valence-corrected chi connectivity index (χ4v) is 1.72. The Morgan fingerprint density at radius 2 is 1.65 bits per heavy atom. The summed E-state index contributed by atoms with van der Waals surface area (Å²) in [5, 5.41) is 0. The number of esters is 1. The molecule has 0 heterocycles. The Bertz CT molecular complexity index is 443. The van der Waals surface area contributed by atoms with Gasteiger partial charge in [-0.1, -0.05) is 0 Å². The first-order valence-electron chi connectivity index (χ1n) is 6.45. The second kappa shape index (κ2) is 6.61. The minimum Gasteiger partial charge on any atom is -0.497 e. The molecule has 1 atom stereocenters. The van der Waals surface area contributed by atoms with Crippen LogP contribution in [0.4, 0.5) is 0 Å². The lowest BCUT2D eigenvalue weighted by molar-refractivity contribution is -0.155. The summed E-state index contributed by atoms with van der Waals surface area (Å²) in [6.07, 6.45) is 0.105. The molecular weight excluding hydrogens is 258 g/mol. The lowest BCUT2D eigenvalue weighted by atomic mass is 10.0. The molecule has 0 saturated heterocycles. The van der Waals surface area contributed by atoms with Gasteiger partial charge in [0.25, 0.3) is 0 Å².